The van der Waals surface area contributed by atoms with Crippen molar-refractivity contribution in [2.45, 2.75) is 32.7 Å². The third-order valence-electron chi connectivity index (χ3n) is 4.49. The van der Waals surface area contributed by atoms with Gasteiger partial charge in [0.2, 0.25) is 5.91 Å². The summed E-state index contributed by atoms with van der Waals surface area (Å²) in [4.78, 5) is 46.3. The minimum atomic E-state index is -0.638. The molecule has 1 N–H and O–H groups in total. The van der Waals surface area contributed by atoms with Crippen LogP contribution in [0.1, 0.15) is 36.5 Å². The largest absolute Gasteiger partial charge is 0.462 e. The topological polar surface area (TPSA) is 134 Å². The number of nitro benzene ring substituents is 1. The molecule has 1 amide bonds. The van der Waals surface area contributed by atoms with Crippen molar-refractivity contribution in [3.8, 4) is 0 Å². The molecule has 0 atom stereocenters. The highest BCUT2D eigenvalue weighted by atomic mass is 16.6. The average Bonchev–Trinajstić information content (AvgIpc) is 3.06. The molecule has 0 aliphatic heterocycles. The number of hydrogen-bond acceptors (Lipinski definition) is 7. The van der Waals surface area contributed by atoms with E-state index in [2.05, 4.69) is 5.32 Å². The van der Waals surface area contributed by atoms with Gasteiger partial charge in [0.15, 0.2) is 5.58 Å². The summed E-state index contributed by atoms with van der Waals surface area (Å²) in [7, 11) is 0. The van der Waals surface area contributed by atoms with Crippen LogP contribution in [0, 0.1) is 10.1 Å². The fraction of sp³-hybridized carbons (Fsp3) is 0.286. The van der Waals surface area contributed by atoms with E-state index in [4.69, 9.17) is 9.15 Å². The van der Waals surface area contributed by atoms with E-state index in [0.29, 0.717) is 29.8 Å². The summed E-state index contributed by atoms with van der Waals surface area (Å²) in [5.74, 6) is -1.30. The van der Waals surface area contributed by atoms with E-state index in [1.54, 1.807) is 24.3 Å². The normalized spacial score (nSPS) is 10.7. The second-order valence-corrected chi connectivity index (χ2v) is 6.79. The Morgan fingerprint density at radius 1 is 1.19 bits per heavy atom. The maximum absolute atomic E-state index is 12.2. The first-order valence-corrected chi connectivity index (χ1v) is 9.74. The third kappa shape index (κ3) is 5.35. The van der Waals surface area contributed by atoms with Crippen LogP contribution in [0.3, 0.4) is 0 Å². The zero-order valence-corrected chi connectivity index (χ0v) is 16.8. The number of hydrogen-bond donors (Lipinski definition) is 1. The molecule has 0 saturated heterocycles. The zero-order chi connectivity index (χ0) is 22.4. The number of non-ortho nitro benzene ring substituents is 1. The minimum Gasteiger partial charge on any atom is -0.462 e. The first-order chi connectivity index (χ1) is 14.9. The highest BCUT2D eigenvalue weighted by molar-refractivity contribution is 5.93. The van der Waals surface area contributed by atoms with Gasteiger partial charge in [0.1, 0.15) is 0 Å². The number of esters is 1. The van der Waals surface area contributed by atoms with Crippen molar-refractivity contribution in [1.29, 1.82) is 0 Å². The number of nitrogens with one attached hydrogen (secondary N) is 1. The summed E-state index contributed by atoms with van der Waals surface area (Å²) in [5, 5.41) is 13.6. The van der Waals surface area contributed by atoms with Gasteiger partial charge in [-0.15, -0.1) is 0 Å². The monoisotopic (exact) mass is 427 g/mol. The zero-order valence-electron chi connectivity index (χ0n) is 16.8. The maximum atomic E-state index is 12.2. The molecule has 2 aromatic carbocycles. The van der Waals surface area contributed by atoms with Crippen LogP contribution in [0.15, 0.2) is 51.7 Å². The summed E-state index contributed by atoms with van der Waals surface area (Å²) in [6.45, 7) is 2.48. The molecule has 31 heavy (non-hydrogen) atoms. The van der Waals surface area contributed by atoms with E-state index >= 15 is 0 Å². The molecule has 1 aromatic heterocycles. The number of nitrogens with zero attached hydrogens (tertiary/aromatic N) is 2. The van der Waals surface area contributed by atoms with Gasteiger partial charge in [-0.2, -0.15) is 0 Å². The molecule has 0 bridgehead atoms. The number of ether oxygens (including phenoxy) is 1. The number of nitro groups is 1. The smallest absolute Gasteiger partial charge is 0.419 e. The van der Waals surface area contributed by atoms with Crippen LogP contribution < -0.4 is 11.1 Å². The number of benzene rings is 2. The SMILES string of the molecule is CCCOC(=O)c1ccc(NC(=O)CCCn2c(=O)oc3cc([N+](=O)[O-])ccc32)cc1. The quantitative estimate of drug-likeness (QED) is 0.314. The lowest BCUT2D eigenvalue weighted by Crippen LogP contribution is -2.17. The van der Waals surface area contributed by atoms with Gasteiger partial charge < -0.3 is 14.5 Å². The van der Waals surface area contributed by atoms with Gasteiger partial charge in [-0.25, -0.2) is 9.59 Å². The molecule has 10 nitrogen and oxygen atoms in total. The van der Waals surface area contributed by atoms with E-state index < -0.39 is 16.6 Å². The second-order valence-electron chi connectivity index (χ2n) is 6.79. The summed E-state index contributed by atoms with van der Waals surface area (Å²) in [6, 6.07) is 10.3. The van der Waals surface area contributed by atoms with E-state index in [1.807, 2.05) is 6.92 Å². The van der Waals surface area contributed by atoms with Gasteiger partial charge in [0, 0.05) is 24.7 Å². The van der Waals surface area contributed by atoms with E-state index in [0.717, 1.165) is 6.42 Å². The van der Waals surface area contributed by atoms with Crippen molar-refractivity contribution < 1.29 is 23.7 Å². The van der Waals surface area contributed by atoms with Gasteiger partial charge in [-0.3, -0.25) is 19.5 Å². The predicted octanol–water partition coefficient (Wildman–Crippen LogP) is 3.49. The number of amides is 1. The molecule has 1 heterocycles. The van der Waals surface area contributed by atoms with E-state index in [9.17, 15) is 24.5 Å². The van der Waals surface area contributed by atoms with Gasteiger partial charge in [0.05, 0.1) is 28.7 Å². The van der Waals surface area contributed by atoms with Gasteiger partial charge in [-0.1, -0.05) is 6.92 Å². The summed E-state index contributed by atoms with van der Waals surface area (Å²) in [6.07, 6.45) is 1.24. The van der Waals surface area contributed by atoms with Gasteiger partial charge >= 0.3 is 11.7 Å². The molecule has 0 aliphatic carbocycles. The van der Waals surface area contributed by atoms with Crippen LogP contribution in [-0.2, 0) is 16.1 Å². The van der Waals surface area contributed by atoms with Crippen molar-refractivity contribution in [1.82, 2.24) is 4.57 Å². The van der Waals surface area contributed by atoms with Crippen LogP contribution in [0.4, 0.5) is 11.4 Å². The fourth-order valence-electron chi connectivity index (χ4n) is 2.97. The predicted molar refractivity (Wildman–Crippen MR) is 112 cm³/mol. The van der Waals surface area contributed by atoms with E-state index in [-0.39, 0.29) is 30.1 Å². The highest BCUT2D eigenvalue weighted by Crippen LogP contribution is 2.20. The Balaban J connectivity index is 1.55. The molecular formula is C21H21N3O7. The fourth-order valence-corrected chi connectivity index (χ4v) is 2.97. The lowest BCUT2D eigenvalue weighted by molar-refractivity contribution is -0.384. The minimum absolute atomic E-state index is 0.126. The summed E-state index contributed by atoms with van der Waals surface area (Å²) >= 11 is 0. The number of carbonyl (C=O) groups excluding carboxylic acids is 2. The Morgan fingerprint density at radius 2 is 1.94 bits per heavy atom. The Kier molecular flexibility index (Phi) is 6.81. The lowest BCUT2D eigenvalue weighted by atomic mass is 10.2. The molecule has 0 spiro atoms. The van der Waals surface area contributed by atoms with Crippen LogP contribution in [0.2, 0.25) is 0 Å². The van der Waals surface area contributed by atoms with E-state index in [1.165, 1.54) is 22.8 Å². The van der Waals surface area contributed by atoms with Gasteiger partial charge in [0.25, 0.3) is 5.69 Å². The Bertz CT molecular complexity index is 1160. The van der Waals surface area contributed by atoms with Crippen LogP contribution in [0.5, 0.6) is 0 Å². The van der Waals surface area contributed by atoms with Crippen molar-refractivity contribution in [3.05, 3.63) is 68.7 Å². The molecule has 162 valence electrons. The number of aryl methyl sites for hydroxylation is 1. The second kappa shape index (κ2) is 9.70. The number of fused-ring (bicyclic) bond motifs is 1. The number of aromatic nitrogens is 1. The Morgan fingerprint density at radius 3 is 2.61 bits per heavy atom. The number of rotatable bonds is 9. The number of oxazole rings is 1. The molecule has 10 heteroatoms. The third-order valence-corrected chi connectivity index (χ3v) is 4.49. The van der Waals surface area contributed by atoms with Crippen LogP contribution >= 0.6 is 0 Å². The van der Waals surface area contributed by atoms with Crippen molar-refractivity contribution in [2.24, 2.45) is 0 Å². The average molecular weight is 427 g/mol. The van der Waals surface area contributed by atoms with Gasteiger partial charge in [-0.05, 0) is 43.2 Å². The molecule has 0 fully saturated rings. The first kappa shape index (κ1) is 21.8. The van der Waals surface area contributed by atoms with Crippen molar-refractivity contribution >= 4 is 34.4 Å². The summed E-state index contributed by atoms with van der Waals surface area (Å²) in [5.41, 5.74) is 1.33. The lowest BCUT2D eigenvalue weighted by Gasteiger charge is -2.07. The Hall–Kier alpha value is -3.95. The number of carbonyl (C=O) groups is 2. The van der Waals surface area contributed by atoms with Crippen LogP contribution in [0.25, 0.3) is 11.1 Å². The molecule has 3 rings (SSSR count). The molecular weight excluding hydrogens is 406 g/mol. The van der Waals surface area contributed by atoms with Crippen molar-refractivity contribution in [3.63, 3.8) is 0 Å². The van der Waals surface area contributed by atoms with Crippen LogP contribution in [-0.4, -0.2) is 28.0 Å². The highest BCUT2D eigenvalue weighted by Gasteiger charge is 2.14. The number of anilines is 1. The molecule has 0 aliphatic rings. The van der Waals surface area contributed by atoms with Crippen molar-refractivity contribution in [2.75, 3.05) is 11.9 Å². The first-order valence-electron chi connectivity index (χ1n) is 9.74. The molecule has 0 radical (unpaired) electrons. The Labute approximate surface area is 176 Å². The maximum Gasteiger partial charge on any atom is 0.419 e. The molecule has 0 saturated carbocycles. The standard InChI is InChI=1S/C21H21N3O7/c1-2-12-30-20(26)14-5-7-15(8-6-14)22-19(25)4-3-11-23-17-10-9-16(24(28)29)13-18(17)31-21(23)27/h5-10,13H,2-4,11-12H2,1H3,(H,22,25). The molecule has 0 unspecified atom stereocenters. The summed E-state index contributed by atoms with van der Waals surface area (Å²) < 4.78 is 11.4. The molecule has 3 aromatic rings.